The molecule has 0 aliphatic carbocycles. The zero-order chi connectivity index (χ0) is 30.5. The lowest BCUT2D eigenvalue weighted by atomic mass is 9.95. The van der Waals surface area contributed by atoms with Crippen LogP contribution in [-0.4, -0.2) is 58.0 Å². The first-order chi connectivity index (χ1) is 20.5. The molecule has 0 unspecified atom stereocenters. The van der Waals surface area contributed by atoms with Crippen molar-refractivity contribution in [2.24, 2.45) is 0 Å². The molecule has 10 nitrogen and oxygen atoms in total. The van der Waals surface area contributed by atoms with Crippen LogP contribution in [0.1, 0.15) is 57.7 Å². The van der Waals surface area contributed by atoms with Crippen LogP contribution in [-0.2, 0) is 19.1 Å². The van der Waals surface area contributed by atoms with Crippen LogP contribution in [0.2, 0.25) is 0 Å². The third-order valence-corrected chi connectivity index (χ3v) is 7.96. The number of fused-ring (bicyclic) bond motifs is 2. The first kappa shape index (κ1) is 28.3. The van der Waals surface area contributed by atoms with Gasteiger partial charge in [-0.05, 0) is 52.7 Å². The van der Waals surface area contributed by atoms with Crippen LogP contribution in [0.3, 0.4) is 0 Å². The Morgan fingerprint density at radius 2 is 1.67 bits per heavy atom. The first-order valence-corrected chi connectivity index (χ1v) is 14.5. The van der Waals surface area contributed by atoms with Crippen LogP contribution in [0.25, 0.3) is 33.0 Å². The molecule has 0 bridgehead atoms. The number of amides is 4. The number of hydrogen-bond acceptors (Lipinski definition) is 6. The lowest BCUT2D eigenvalue weighted by Gasteiger charge is -2.34. The van der Waals surface area contributed by atoms with Gasteiger partial charge >= 0.3 is 6.09 Å². The van der Waals surface area contributed by atoms with Crippen molar-refractivity contribution >= 4 is 56.8 Å². The Bertz CT molecular complexity index is 1800. The van der Waals surface area contributed by atoms with Crippen molar-refractivity contribution in [2.45, 2.75) is 58.2 Å². The standard InChI is InChI=1S/C33H34N4O6/c1-19(34-32(41)43-33(2,3)4)31(40)36-15-12-21(13-16-36)37-18-24(22-9-5-6-11-25(22)37)27-26(29(38)35-30(27)39)23-10-7-8-20-14-17-42-28(20)23/h5-11,14,17-19,21H,12-13,15-16H2,1-4H3,(H,34,41)(H,35,38,39)/t19-/m0/s1. The molecule has 2 aromatic heterocycles. The van der Waals surface area contributed by atoms with Crippen molar-refractivity contribution in [3.8, 4) is 0 Å². The molecular weight excluding hydrogens is 548 g/mol. The summed E-state index contributed by atoms with van der Waals surface area (Å²) in [6.45, 7) is 8.00. The number of imide groups is 1. The molecule has 1 saturated heterocycles. The van der Waals surface area contributed by atoms with Gasteiger partial charge in [0, 0.05) is 52.7 Å². The highest BCUT2D eigenvalue weighted by Gasteiger charge is 2.36. The predicted octanol–water partition coefficient (Wildman–Crippen LogP) is 5.03. The molecule has 0 saturated carbocycles. The third-order valence-electron chi connectivity index (χ3n) is 7.96. The summed E-state index contributed by atoms with van der Waals surface area (Å²) in [7, 11) is 0. The number of likely N-dealkylation sites (tertiary alicyclic amines) is 1. The van der Waals surface area contributed by atoms with Crippen molar-refractivity contribution < 1.29 is 28.3 Å². The van der Waals surface area contributed by atoms with Gasteiger partial charge in [-0.25, -0.2) is 4.79 Å². The number of benzene rings is 2. The van der Waals surface area contributed by atoms with Crippen molar-refractivity contribution in [3.05, 3.63) is 72.1 Å². The highest BCUT2D eigenvalue weighted by molar-refractivity contribution is 6.50. The number of alkyl carbamates (subject to hydrolysis) is 1. The summed E-state index contributed by atoms with van der Waals surface area (Å²) < 4.78 is 13.2. The fraction of sp³-hybridized carbons (Fsp3) is 0.333. The van der Waals surface area contributed by atoms with Crippen LogP contribution in [0.4, 0.5) is 4.79 Å². The zero-order valence-electron chi connectivity index (χ0n) is 24.6. The number of nitrogens with zero attached hydrogens (tertiary/aromatic N) is 2. The fourth-order valence-electron chi connectivity index (χ4n) is 6.05. The molecule has 4 amide bonds. The normalized spacial score (nSPS) is 17.1. The Morgan fingerprint density at radius 3 is 2.40 bits per heavy atom. The molecule has 2 N–H and O–H groups in total. The van der Waals surface area contributed by atoms with Crippen LogP contribution in [0.15, 0.2) is 65.4 Å². The molecule has 1 atom stereocenters. The van der Waals surface area contributed by atoms with Crippen molar-refractivity contribution in [1.82, 2.24) is 20.1 Å². The smallest absolute Gasteiger partial charge is 0.408 e. The van der Waals surface area contributed by atoms with Gasteiger partial charge in [0.2, 0.25) is 5.91 Å². The van der Waals surface area contributed by atoms with E-state index in [0.717, 1.165) is 16.3 Å². The molecule has 4 heterocycles. The van der Waals surface area contributed by atoms with E-state index in [1.165, 1.54) is 0 Å². The fourth-order valence-corrected chi connectivity index (χ4v) is 6.05. The minimum absolute atomic E-state index is 0.0644. The molecule has 0 spiro atoms. The maximum absolute atomic E-state index is 13.3. The summed E-state index contributed by atoms with van der Waals surface area (Å²) >= 11 is 0. The van der Waals surface area contributed by atoms with Gasteiger partial charge in [-0.1, -0.05) is 36.4 Å². The van der Waals surface area contributed by atoms with Crippen molar-refractivity contribution in [1.29, 1.82) is 0 Å². The Kier molecular flexibility index (Phi) is 7.07. The van der Waals surface area contributed by atoms with Gasteiger partial charge in [0.15, 0.2) is 0 Å². The summed E-state index contributed by atoms with van der Waals surface area (Å²) in [5, 5.41) is 6.83. The number of hydrogen-bond donors (Lipinski definition) is 2. The molecule has 222 valence electrons. The van der Waals surface area contributed by atoms with Gasteiger partial charge < -0.3 is 23.9 Å². The summed E-state index contributed by atoms with van der Waals surface area (Å²) in [6, 6.07) is 14.5. The van der Waals surface area contributed by atoms with Gasteiger partial charge in [-0.3, -0.25) is 19.7 Å². The van der Waals surface area contributed by atoms with Gasteiger partial charge in [0.1, 0.15) is 17.2 Å². The maximum Gasteiger partial charge on any atom is 0.408 e. The number of furan rings is 1. The number of carbonyl (C=O) groups is 4. The van der Waals surface area contributed by atoms with Gasteiger partial charge in [0.25, 0.3) is 11.8 Å². The van der Waals surface area contributed by atoms with E-state index in [1.807, 2.05) is 48.7 Å². The van der Waals surface area contributed by atoms with Gasteiger partial charge in [-0.15, -0.1) is 0 Å². The monoisotopic (exact) mass is 582 g/mol. The van der Waals surface area contributed by atoms with Crippen LogP contribution in [0.5, 0.6) is 0 Å². The van der Waals surface area contributed by atoms with Gasteiger partial charge in [0.05, 0.1) is 17.4 Å². The van der Waals surface area contributed by atoms with E-state index < -0.39 is 29.6 Å². The highest BCUT2D eigenvalue weighted by atomic mass is 16.6. The zero-order valence-corrected chi connectivity index (χ0v) is 24.6. The number of para-hydroxylation sites is 2. The van der Waals surface area contributed by atoms with E-state index in [4.69, 9.17) is 9.15 Å². The largest absolute Gasteiger partial charge is 0.464 e. The van der Waals surface area contributed by atoms with E-state index in [1.54, 1.807) is 44.9 Å². The molecular formula is C33H34N4O6. The van der Waals surface area contributed by atoms with Crippen LogP contribution in [0, 0.1) is 0 Å². The minimum Gasteiger partial charge on any atom is -0.464 e. The molecule has 43 heavy (non-hydrogen) atoms. The summed E-state index contributed by atoms with van der Waals surface area (Å²) in [4.78, 5) is 53.5. The summed E-state index contributed by atoms with van der Waals surface area (Å²) in [5.74, 6) is -1.06. The second-order valence-electron chi connectivity index (χ2n) is 12.1. The summed E-state index contributed by atoms with van der Waals surface area (Å²) in [5.41, 5.74) is 2.69. The molecule has 10 heteroatoms. The van der Waals surface area contributed by atoms with Crippen molar-refractivity contribution in [3.63, 3.8) is 0 Å². The quantitative estimate of drug-likeness (QED) is 0.318. The second kappa shape index (κ2) is 10.8. The van der Waals surface area contributed by atoms with Crippen molar-refractivity contribution in [2.75, 3.05) is 13.1 Å². The average molecular weight is 583 g/mol. The number of nitrogens with one attached hydrogen (secondary N) is 2. The molecule has 2 aliphatic heterocycles. The highest BCUT2D eigenvalue weighted by Crippen LogP contribution is 2.40. The maximum atomic E-state index is 13.3. The topological polar surface area (TPSA) is 123 Å². The Balaban J connectivity index is 1.28. The summed E-state index contributed by atoms with van der Waals surface area (Å²) in [6.07, 6.45) is 4.27. The molecule has 0 radical (unpaired) electrons. The number of piperidine rings is 1. The van der Waals surface area contributed by atoms with Crippen LogP contribution >= 0.6 is 0 Å². The molecule has 6 rings (SSSR count). The molecule has 2 aliphatic rings. The van der Waals surface area contributed by atoms with E-state index in [2.05, 4.69) is 15.2 Å². The Labute approximate surface area is 248 Å². The number of ether oxygens (including phenoxy) is 1. The number of rotatable bonds is 5. The van der Waals surface area contributed by atoms with E-state index in [-0.39, 0.29) is 11.9 Å². The van der Waals surface area contributed by atoms with E-state index >= 15 is 0 Å². The molecule has 2 aromatic carbocycles. The lowest BCUT2D eigenvalue weighted by molar-refractivity contribution is -0.134. The minimum atomic E-state index is -0.715. The second-order valence-corrected chi connectivity index (χ2v) is 12.1. The lowest BCUT2D eigenvalue weighted by Crippen LogP contribution is -2.50. The average Bonchev–Trinajstić information content (AvgIpc) is 3.66. The predicted molar refractivity (Wildman–Crippen MR) is 162 cm³/mol. The molecule has 1 fully saturated rings. The number of carbonyl (C=O) groups excluding carboxylic acids is 4. The Morgan fingerprint density at radius 1 is 0.977 bits per heavy atom. The van der Waals surface area contributed by atoms with E-state index in [9.17, 15) is 19.2 Å². The van der Waals surface area contributed by atoms with E-state index in [0.29, 0.717) is 53.8 Å². The third kappa shape index (κ3) is 5.29. The first-order valence-electron chi connectivity index (χ1n) is 14.5. The Hall–Kier alpha value is -4.86. The SMILES string of the molecule is C[C@H](NC(=O)OC(C)(C)C)C(=O)N1CCC(n2cc(C3=C(c4cccc5ccoc45)C(=O)NC3=O)c3ccccc32)CC1. The number of aromatic nitrogens is 1. The molecule has 4 aromatic rings. The van der Waals surface area contributed by atoms with Crippen LogP contribution < -0.4 is 10.6 Å². The van der Waals surface area contributed by atoms with Gasteiger partial charge in [-0.2, -0.15) is 0 Å².